The summed E-state index contributed by atoms with van der Waals surface area (Å²) in [5, 5.41) is 0. The summed E-state index contributed by atoms with van der Waals surface area (Å²) in [6.07, 6.45) is 1.17. The van der Waals surface area contributed by atoms with E-state index in [9.17, 15) is 4.39 Å². The van der Waals surface area contributed by atoms with Crippen molar-refractivity contribution in [3.05, 3.63) is 29.6 Å². The van der Waals surface area contributed by atoms with E-state index >= 15 is 0 Å². The van der Waals surface area contributed by atoms with E-state index in [1.807, 2.05) is 13.0 Å². The van der Waals surface area contributed by atoms with E-state index in [0.29, 0.717) is 12.0 Å². The minimum atomic E-state index is -0.152. The van der Waals surface area contributed by atoms with Crippen LogP contribution in [0.4, 0.5) is 10.1 Å². The molecule has 1 saturated heterocycles. The van der Waals surface area contributed by atoms with Crippen molar-refractivity contribution in [3.8, 4) is 0 Å². The maximum absolute atomic E-state index is 13.2. The molecule has 0 spiro atoms. The first-order valence-corrected chi connectivity index (χ1v) is 6.66. The summed E-state index contributed by atoms with van der Waals surface area (Å²) in [7, 11) is 4.31. The Morgan fingerprint density at radius 2 is 2.11 bits per heavy atom. The summed E-state index contributed by atoms with van der Waals surface area (Å²) in [6.45, 7) is 6.55. The third-order valence-corrected chi connectivity index (χ3v) is 4.10. The van der Waals surface area contributed by atoms with Crippen molar-refractivity contribution < 1.29 is 4.39 Å². The molecule has 1 aliphatic rings. The van der Waals surface area contributed by atoms with Gasteiger partial charge in [0, 0.05) is 25.3 Å². The maximum Gasteiger partial charge on any atom is 0.123 e. The zero-order chi connectivity index (χ0) is 13.3. The Kier molecular flexibility index (Phi) is 3.91. The fourth-order valence-corrected chi connectivity index (χ4v) is 3.11. The molecule has 1 fully saturated rings. The molecule has 1 aromatic carbocycles. The first-order chi connectivity index (χ1) is 8.49. The molecule has 0 bridgehead atoms. The van der Waals surface area contributed by atoms with Crippen LogP contribution < -0.4 is 4.90 Å². The van der Waals surface area contributed by atoms with E-state index < -0.39 is 0 Å². The number of halogens is 1. The summed E-state index contributed by atoms with van der Waals surface area (Å²) in [5.74, 6) is 0.485. The lowest BCUT2D eigenvalue weighted by molar-refractivity contribution is 0.194. The van der Waals surface area contributed by atoms with E-state index in [1.165, 1.54) is 6.42 Å². The lowest BCUT2D eigenvalue weighted by atomic mass is 9.92. The number of anilines is 1. The lowest BCUT2D eigenvalue weighted by Crippen LogP contribution is -2.48. The summed E-state index contributed by atoms with van der Waals surface area (Å²) < 4.78 is 13.2. The molecule has 2 unspecified atom stereocenters. The van der Waals surface area contributed by atoms with Crippen LogP contribution in [-0.2, 0) is 0 Å². The molecular weight excluding hydrogens is 227 g/mol. The van der Waals surface area contributed by atoms with Crippen molar-refractivity contribution in [3.63, 3.8) is 0 Å². The van der Waals surface area contributed by atoms with Gasteiger partial charge in [0.1, 0.15) is 5.82 Å². The smallest absolute Gasteiger partial charge is 0.123 e. The molecule has 18 heavy (non-hydrogen) atoms. The Balaban J connectivity index is 2.17. The maximum atomic E-state index is 13.2. The first kappa shape index (κ1) is 13.3. The van der Waals surface area contributed by atoms with Gasteiger partial charge >= 0.3 is 0 Å². The highest BCUT2D eigenvalue weighted by Gasteiger charge is 2.28. The normalized spacial score (nSPS) is 25.2. The number of aryl methyl sites for hydroxylation is 1. The third-order valence-electron chi connectivity index (χ3n) is 4.10. The zero-order valence-corrected chi connectivity index (χ0v) is 11.8. The van der Waals surface area contributed by atoms with Crippen molar-refractivity contribution in [2.75, 3.05) is 32.1 Å². The monoisotopic (exact) mass is 250 g/mol. The molecule has 1 aromatic rings. The second-order valence-corrected chi connectivity index (χ2v) is 5.64. The Morgan fingerprint density at radius 1 is 1.39 bits per heavy atom. The largest absolute Gasteiger partial charge is 0.371 e. The van der Waals surface area contributed by atoms with Crippen LogP contribution in [0.15, 0.2) is 18.2 Å². The van der Waals surface area contributed by atoms with Crippen molar-refractivity contribution in [2.45, 2.75) is 26.3 Å². The molecule has 0 radical (unpaired) electrons. The van der Waals surface area contributed by atoms with E-state index in [1.54, 1.807) is 12.1 Å². The highest BCUT2D eigenvalue weighted by Crippen LogP contribution is 2.28. The van der Waals surface area contributed by atoms with Gasteiger partial charge < -0.3 is 9.80 Å². The molecule has 0 aliphatic carbocycles. The molecule has 1 heterocycles. The lowest BCUT2D eigenvalue weighted by Gasteiger charge is -2.41. The number of piperidine rings is 1. The van der Waals surface area contributed by atoms with Crippen LogP contribution in [0.2, 0.25) is 0 Å². The van der Waals surface area contributed by atoms with Gasteiger partial charge in [0.05, 0.1) is 0 Å². The fourth-order valence-electron chi connectivity index (χ4n) is 3.11. The second-order valence-electron chi connectivity index (χ2n) is 5.64. The molecule has 3 heteroatoms. The SMILES string of the molecule is Cc1cc(F)ccc1N(C)C1CCN(C)CC1C. The minimum Gasteiger partial charge on any atom is -0.371 e. The zero-order valence-electron chi connectivity index (χ0n) is 11.8. The molecule has 2 nitrogen and oxygen atoms in total. The van der Waals surface area contributed by atoms with Gasteiger partial charge in [0.2, 0.25) is 0 Å². The summed E-state index contributed by atoms with van der Waals surface area (Å²) >= 11 is 0. The topological polar surface area (TPSA) is 6.48 Å². The Morgan fingerprint density at radius 3 is 2.72 bits per heavy atom. The number of hydrogen-bond acceptors (Lipinski definition) is 2. The van der Waals surface area contributed by atoms with Gasteiger partial charge in [-0.3, -0.25) is 0 Å². The number of rotatable bonds is 2. The number of benzene rings is 1. The molecular formula is C15H23FN2. The van der Waals surface area contributed by atoms with Gasteiger partial charge in [-0.25, -0.2) is 4.39 Å². The number of hydrogen-bond donors (Lipinski definition) is 0. The first-order valence-electron chi connectivity index (χ1n) is 6.66. The van der Waals surface area contributed by atoms with Crippen LogP contribution in [-0.4, -0.2) is 38.1 Å². The van der Waals surface area contributed by atoms with Crippen molar-refractivity contribution >= 4 is 5.69 Å². The highest BCUT2D eigenvalue weighted by atomic mass is 19.1. The second kappa shape index (κ2) is 5.27. The minimum absolute atomic E-state index is 0.152. The summed E-state index contributed by atoms with van der Waals surface area (Å²) in [5.41, 5.74) is 2.17. The van der Waals surface area contributed by atoms with Crippen LogP contribution >= 0.6 is 0 Å². The Hall–Kier alpha value is -1.09. The van der Waals surface area contributed by atoms with Gasteiger partial charge in [-0.1, -0.05) is 6.92 Å². The van der Waals surface area contributed by atoms with Crippen molar-refractivity contribution in [1.82, 2.24) is 4.90 Å². The van der Waals surface area contributed by atoms with Gasteiger partial charge in [0.25, 0.3) is 0 Å². The van der Waals surface area contributed by atoms with Crippen molar-refractivity contribution in [2.24, 2.45) is 5.92 Å². The van der Waals surface area contributed by atoms with E-state index in [4.69, 9.17) is 0 Å². The molecule has 2 atom stereocenters. The predicted octanol–water partition coefficient (Wildman–Crippen LogP) is 2.91. The fraction of sp³-hybridized carbons (Fsp3) is 0.600. The molecule has 0 aromatic heterocycles. The van der Waals surface area contributed by atoms with Gasteiger partial charge in [-0.15, -0.1) is 0 Å². The van der Waals surface area contributed by atoms with Crippen LogP contribution in [0, 0.1) is 18.7 Å². The summed E-state index contributed by atoms with van der Waals surface area (Å²) in [6, 6.07) is 5.62. The standard InChI is InChI=1S/C15H23FN2/c1-11-9-13(16)5-6-14(11)18(4)15-7-8-17(3)10-12(15)2/h5-6,9,12,15H,7-8,10H2,1-4H3. The molecule has 0 N–H and O–H groups in total. The van der Waals surface area contributed by atoms with Gasteiger partial charge in [0.15, 0.2) is 0 Å². The van der Waals surface area contributed by atoms with Gasteiger partial charge in [-0.05, 0) is 56.6 Å². The van der Waals surface area contributed by atoms with E-state index in [-0.39, 0.29) is 5.82 Å². The number of nitrogens with zero attached hydrogens (tertiary/aromatic N) is 2. The molecule has 2 rings (SSSR count). The third kappa shape index (κ3) is 2.66. The molecule has 1 aliphatic heterocycles. The van der Waals surface area contributed by atoms with E-state index in [2.05, 4.69) is 30.8 Å². The molecule has 0 saturated carbocycles. The van der Waals surface area contributed by atoms with Crippen LogP contribution in [0.25, 0.3) is 0 Å². The average Bonchev–Trinajstić information content (AvgIpc) is 2.28. The molecule has 0 amide bonds. The number of likely N-dealkylation sites (tertiary alicyclic amines) is 1. The highest BCUT2D eigenvalue weighted by molar-refractivity contribution is 5.53. The Labute approximate surface area is 109 Å². The molecule has 100 valence electrons. The van der Waals surface area contributed by atoms with Crippen LogP contribution in [0.1, 0.15) is 18.9 Å². The predicted molar refractivity (Wildman–Crippen MR) is 74.6 cm³/mol. The van der Waals surface area contributed by atoms with Crippen molar-refractivity contribution in [1.29, 1.82) is 0 Å². The summed E-state index contributed by atoms with van der Waals surface area (Å²) in [4.78, 5) is 4.71. The quantitative estimate of drug-likeness (QED) is 0.796. The van der Waals surface area contributed by atoms with Crippen LogP contribution in [0.5, 0.6) is 0 Å². The van der Waals surface area contributed by atoms with Gasteiger partial charge in [-0.2, -0.15) is 0 Å². The average molecular weight is 250 g/mol. The Bertz CT molecular complexity index is 419. The van der Waals surface area contributed by atoms with Crippen LogP contribution in [0.3, 0.4) is 0 Å². The van der Waals surface area contributed by atoms with E-state index in [0.717, 1.165) is 24.3 Å².